The molecule has 20 heavy (non-hydrogen) atoms. The lowest BCUT2D eigenvalue weighted by Gasteiger charge is -2.17. The number of hydrogen-bond acceptors (Lipinski definition) is 4. The molecule has 0 aliphatic carbocycles. The van der Waals surface area contributed by atoms with E-state index in [0.29, 0.717) is 0 Å². The smallest absolute Gasteiger partial charge is 0.153 e. The van der Waals surface area contributed by atoms with Crippen molar-refractivity contribution < 1.29 is 5.11 Å². The Morgan fingerprint density at radius 3 is 2.85 bits per heavy atom. The molecule has 0 radical (unpaired) electrons. The average Bonchev–Trinajstić information content (AvgIpc) is 2.88. The monoisotopic (exact) mass is 380 g/mol. The van der Waals surface area contributed by atoms with Crippen molar-refractivity contribution in [3.8, 4) is 0 Å². The fourth-order valence-corrected chi connectivity index (χ4v) is 2.73. The van der Waals surface area contributed by atoms with Crippen molar-refractivity contribution in [2.45, 2.75) is 6.04 Å². The minimum atomic E-state index is -0.194. The Labute approximate surface area is 129 Å². The van der Waals surface area contributed by atoms with Crippen LogP contribution in [0.2, 0.25) is 0 Å². The Hall–Kier alpha value is -1.67. The van der Waals surface area contributed by atoms with Crippen LogP contribution < -0.4 is 5.32 Å². The molecule has 5 nitrogen and oxygen atoms in total. The zero-order valence-electron chi connectivity index (χ0n) is 10.6. The Bertz CT molecular complexity index is 714. The normalized spacial score (nSPS) is 12.5. The third-order valence-electron chi connectivity index (χ3n) is 3.08. The van der Waals surface area contributed by atoms with Crippen LogP contribution in [0, 0.1) is 3.57 Å². The van der Waals surface area contributed by atoms with Gasteiger partial charge in [-0.1, -0.05) is 30.3 Å². The highest BCUT2D eigenvalue weighted by Gasteiger charge is 2.14. The van der Waals surface area contributed by atoms with Crippen LogP contribution >= 0.6 is 22.6 Å². The number of fused-ring (bicyclic) bond motifs is 1. The van der Waals surface area contributed by atoms with Crippen molar-refractivity contribution in [1.82, 2.24) is 14.6 Å². The van der Waals surface area contributed by atoms with Crippen LogP contribution in [0.1, 0.15) is 11.6 Å². The zero-order chi connectivity index (χ0) is 13.9. The van der Waals surface area contributed by atoms with E-state index in [1.54, 1.807) is 23.1 Å². The van der Waals surface area contributed by atoms with Crippen molar-refractivity contribution in [3.63, 3.8) is 0 Å². The molecule has 0 saturated carbocycles. The minimum absolute atomic E-state index is 0.00252. The van der Waals surface area contributed by atoms with Gasteiger partial charge in [0, 0.05) is 12.4 Å². The highest BCUT2D eigenvalue weighted by atomic mass is 127. The lowest BCUT2D eigenvalue weighted by molar-refractivity contribution is 0.276. The summed E-state index contributed by atoms with van der Waals surface area (Å²) < 4.78 is 2.79. The molecule has 2 aromatic heterocycles. The van der Waals surface area contributed by atoms with E-state index >= 15 is 0 Å². The SMILES string of the molecule is OCC(Nc1nccn2ncc(I)c12)c1ccccc1. The second kappa shape index (κ2) is 5.76. The Kier molecular flexibility index (Phi) is 3.83. The number of aliphatic hydroxyl groups is 1. The van der Waals surface area contributed by atoms with Crippen LogP contribution in [0.15, 0.2) is 48.9 Å². The van der Waals surface area contributed by atoms with E-state index in [0.717, 1.165) is 20.5 Å². The van der Waals surface area contributed by atoms with Gasteiger partial charge in [0.1, 0.15) is 5.52 Å². The fourth-order valence-electron chi connectivity index (χ4n) is 2.10. The lowest BCUT2D eigenvalue weighted by Crippen LogP contribution is -2.16. The molecule has 2 heterocycles. The molecule has 3 aromatic rings. The van der Waals surface area contributed by atoms with Crippen molar-refractivity contribution in [2.75, 3.05) is 11.9 Å². The summed E-state index contributed by atoms with van der Waals surface area (Å²) in [6.07, 6.45) is 5.29. The van der Waals surface area contributed by atoms with E-state index in [1.807, 2.05) is 30.3 Å². The van der Waals surface area contributed by atoms with Gasteiger partial charge in [0.2, 0.25) is 0 Å². The number of nitrogens with one attached hydrogen (secondary N) is 1. The number of halogens is 1. The topological polar surface area (TPSA) is 62.5 Å². The summed E-state index contributed by atoms with van der Waals surface area (Å²) in [5, 5.41) is 17.2. The summed E-state index contributed by atoms with van der Waals surface area (Å²) in [4.78, 5) is 4.37. The van der Waals surface area contributed by atoms with Crippen molar-refractivity contribution in [1.29, 1.82) is 0 Å². The highest BCUT2D eigenvalue weighted by Crippen LogP contribution is 2.24. The largest absolute Gasteiger partial charge is 0.394 e. The standard InChI is InChI=1S/C14H13IN4O/c15-11-8-17-19-7-6-16-14(13(11)19)18-12(9-20)10-4-2-1-3-5-10/h1-8,12,20H,9H2,(H,16,18). The molecule has 1 aromatic carbocycles. The molecule has 0 aliphatic heterocycles. The first-order valence-electron chi connectivity index (χ1n) is 6.20. The summed E-state index contributed by atoms with van der Waals surface area (Å²) in [5.74, 6) is 0.720. The molecule has 0 aliphatic rings. The molecule has 0 spiro atoms. The van der Waals surface area contributed by atoms with Gasteiger partial charge in [0.25, 0.3) is 0 Å². The maximum absolute atomic E-state index is 9.62. The van der Waals surface area contributed by atoms with Gasteiger partial charge in [-0.25, -0.2) is 9.50 Å². The first-order valence-corrected chi connectivity index (χ1v) is 7.27. The van der Waals surface area contributed by atoms with Crippen LogP contribution in [0.25, 0.3) is 5.52 Å². The summed E-state index contributed by atoms with van der Waals surface area (Å²) in [6.45, 7) is -0.00252. The van der Waals surface area contributed by atoms with Gasteiger partial charge < -0.3 is 10.4 Å². The summed E-state index contributed by atoms with van der Waals surface area (Å²) in [5.41, 5.74) is 1.94. The van der Waals surface area contributed by atoms with Gasteiger partial charge in [0.05, 0.1) is 22.4 Å². The van der Waals surface area contributed by atoms with Crippen LogP contribution in [-0.4, -0.2) is 26.3 Å². The predicted molar refractivity (Wildman–Crippen MR) is 85.6 cm³/mol. The van der Waals surface area contributed by atoms with Gasteiger partial charge in [-0.3, -0.25) is 0 Å². The summed E-state index contributed by atoms with van der Waals surface area (Å²) in [6, 6.07) is 9.63. The van der Waals surface area contributed by atoms with Gasteiger partial charge in [-0.05, 0) is 28.2 Å². The first kappa shape index (κ1) is 13.3. The predicted octanol–water partition coefficient (Wildman–Crippen LogP) is 2.48. The molecule has 0 saturated heterocycles. The van der Waals surface area contributed by atoms with Gasteiger partial charge in [0.15, 0.2) is 5.82 Å². The number of hydrogen-bond donors (Lipinski definition) is 2. The van der Waals surface area contributed by atoms with Crippen LogP contribution in [-0.2, 0) is 0 Å². The highest BCUT2D eigenvalue weighted by molar-refractivity contribution is 14.1. The number of benzene rings is 1. The molecular formula is C14H13IN4O. The molecule has 0 bridgehead atoms. The van der Waals surface area contributed by atoms with Crippen LogP contribution in [0.4, 0.5) is 5.82 Å². The number of aromatic nitrogens is 3. The molecule has 1 atom stereocenters. The van der Waals surface area contributed by atoms with E-state index in [1.165, 1.54) is 0 Å². The summed E-state index contributed by atoms with van der Waals surface area (Å²) >= 11 is 2.23. The van der Waals surface area contributed by atoms with E-state index in [2.05, 4.69) is 38.0 Å². The third kappa shape index (κ3) is 2.48. The van der Waals surface area contributed by atoms with Crippen LogP contribution in [0.3, 0.4) is 0 Å². The quantitative estimate of drug-likeness (QED) is 0.683. The molecule has 1 unspecified atom stereocenters. The summed E-state index contributed by atoms with van der Waals surface area (Å²) in [7, 11) is 0. The van der Waals surface area contributed by atoms with Crippen molar-refractivity contribution >= 4 is 33.9 Å². The molecule has 2 N–H and O–H groups in total. The lowest BCUT2D eigenvalue weighted by atomic mass is 10.1. The van der Waals surface area contributed by atoms with Crippen molar-refractivity contribution in [2.24, 2.45) is 0 Å². The number of anilines is 1. The second-order valence-electron chi connectivity index (χ2n) is 4.35. The Morgan fingerprint density at radius 1 is 1.30 bits per heavy atom. The maximum Gasteiger partial charge on any atom is 0.153 e. The molecule has 0 fully saturated rings. The maximum atomic E-state index is 9.62. The number of aliphatic hydroxyl groups excluding tert-OH is 1. The van der Waals surface area contributed by atoms with Gasteiger partial charge in [-0.2, -0.15) is 5.10 Å². The Balaban J connectivity index is 1.98. The minimum Gasteiger partial charge on any atom is -0.394 e. The second-order valence-corrected chi connectivity index (χ2v) is 5.51. The molecule has 3 rings (SSSR count). The molecule has 102 valence electrons. The van der Waals surface area contributed by atoms with E-state index in [4.69, 9.17) is 0 Å². The Morgan fingerprint density at radius 2 is 2.10 bits per heavy atom. The van der Waals surface area contributed by atoms with Gasteiger partial charge in [-0.15, -0.1) is 0 Å². The van der Waals surface area contributed by atoms with Crippen molar-refractivity contribution in [3.05, 3.63) is 58.1 Å². The molecule has 6 heteroatoms. The van der Waals surface area contributed by atoms with E-state index in [9.17, 15) is 5.11 Å². The van der Waals surface area contributed by atoms with E-state index in [-0.39, 0.29) is 12.6 Å². The molecule has 0 amide bonds. The zero-order valence-corrected chi connectivity index (χ0v) is 12.7. The third-order valence-corrected chi connectivity index (χ3v) is 3.87. The first-order chi connectivity index (χ1) is 9.79. The van der Waals surface area contributed by atoms with Gasteiger partial charge >= 0.3 is 0 Å². The molecular weight excluding hydrogens is 367 g/mol. The fraction of sp³-hybridized carbons (Fsp3) is 0.143. The number of nitrogens with zero attached hydrogens (tertiary/aromatic N) is 3. The average molecular weight is 380 g/mol. The van der Waals surface area contributed by atoms with E-state index < -0.39 is 0 Å². The van der Waals surface area contributed by atoms with Crippen LogP contribution in [0.5, 0.6) is 0 Å². The number of rotatable bonds is 4.